The number of rotatable bonds is 3. The third-order valence-corrected chi connectivity index (χ3v) is 3.34. The molecule has 2 aromatic heterocycles. The number of benzene rings is 1. The van der Waals surface area contributed by atoms with E-state index in [0.717, 1.165) is 6.07 Å². The van der Waals surface area contributed by atoms with Gasteiger partial charge in [-0.1, -0.05) is 16.8 Å². The number of alkyl halides is 3. The number of H-pyrrole nitrogens is 1. The smallest absolute Gasteiger partial charge is 0.351 e. The number of anilines is 2. The minimum atomic E-state index is -4.67. The van der Waals surface area contributed by atoms with Crippen LogP contribution in [0.3, 0.4) is 0 Å². The Bertz CT molecular complexity index is 878. The van der Waals surface area contributed by atoms with Crippen LogP contribution in [0.4, 0.5) is 28.9 Å². The number of aromatic amines is 1. The van der Waals surface area contributed by atoms with Gasteiger partial charge in [0.25, 0.3) is 0 Å². The molecule has 24 heavy (non-hydrogen) atoms. The van der Waals surface area contributed by atoms with Crippen molar-refractivity contribution in [2.24, 2.45) is 0 Å². The van der Waals surface area contributed by atoms with Crippen LogP contribution >= 0.6 is 11.6 Å². The van der Waals surface area contributed by atoms with Crippen molar-refractivity contribution in [2.45, 2.75) is 6.18 Å². The van der Waals surface area contributed by atoms with Crippen LogP contribution in [0.2, 0.25) is 5.02 Å². The molecule has 0 aliphatic heterocycles. The molecule has 2 N–H and O–H groups in total. The van der Waals surface area contributed by atoms with E-state index in [4.69, 9.17) is 11.6 Å². The van der Waals surface area contributed by atoms with Crippen molar-refractivity contribution in [3.05, 3.63) is 53.2 Å². The first kappa shape index (κ1) is 16.2. The zero-order valence-electron chi connectivity index (χ0n) is 11.7. The molecular formula is C14H8ClF4N5. The predicted octanol–water partition coefficient (Wildman–Crippen LogP) is 4.42. The fraction of sp³-hybridized carbons (Fsp3) is 0.0714. The number of pyridine rings is 1. The average molecular weight is 358 g/mol. The Morgan fingerprint density at radius 3 is 2.67 bits per heavy atom. The number of hydrogen-bond donors (Lipinski definition) is 2. The van der Waals surface area contributed by atoms with Gasteiger partial charge in [0, 0.05) is 16.8 Å². The zero-order valence-corrected chi connectivity index (χ0v) is 12.5. The van der Waals surface area contributed by atoms with E-state index >= 15 is 0 Å². The molecular weight excluding hydrogens is 350 g/mol. The highest BCUT2D eigenvalue weighted by Gasteiger charge is 2.37. The van der Waals surface area contributed by atoms with Crippen LogP contribution in [-0.2, 0) is 6.18 Å². The monoisotopic (exact) mass is 357 g/mol. The van der Waals surface area contributed by atoms with Gasteiger partial charge >= 0.3 is 6.18 Å². The number of halogens is 5. The third-order valence-electron chi connectivity index (χ3n) is 3.11. The van der Waals surface area contributed by atoms with E-state index in [1.807, 2.05) is 5.10 Å². The molecule has 0 unspecified atom stereocenters. The van der Waals surface area contributed by atoms with Gasteiger partial charge in [-0.3, -0.25) is 10.1 Å². The van der Waals surface area contributed by atoms with E-state index in [1.165, 1.54) is 30.6 Å². The van der Waals surface area contributed by atoms with Gasteiger partial charge in [0.15, 0.2) is 5.69 Å². The van der Waals surface area contributed by atoms with Crippen LogP contribution < -0.4 is 5.32 Å². The fourth-order valence-corrected chi connectivity index (χ4v) is 2.23. The first-order chi connectivity index (χ1) is 11.4. The molecule has 124 valence electrons. The number of hydrogen-bond acceptors (Lipinski definition) is 4. The number of aromatic nitrogens is 4. The van der Waals surface area contributed by atoms with E-state index in [9.17, 15) is 17.6 Å². The van der Waals surface area contributed by atoms with Crippen LogP contribution in [0, 0.1) is 5.82 Å². The summed E-state index contributed by atoms with van der Waals surface area (Å²) in [4.78, 5) is 3.84. The van der Waals surface area contributed by atoms with Gasteiger partial charge in [0.05, 0.1) is 17.6 Å². The normalized spacial score (nSPS) is 11.5. The van der Waals surface area contributed by atoms with Crippen LogP contribution in [-0.4, -0.2) is 20.4 Å². The summed E-state index contributed by atoms with van der Waals surface area (Å²) in [5, 5.41) is 11.5. The lowest BCUT2D eigenvalue weighted by atomic mass is 10.1. The lowest BCUT2D eigenvalue weighted by molar-refractivity contribution is -0.140. The van der Waals surface area contributed by atoms with Crippen molar-refractivity contribution in [3.8, 4) is 11.3 Å². The summed E-state index contributed by atoms with van der Waals surface area (Å²) in [6, 6.07) is 5.11. The molecule has 0 spiro atoms. The zero-order chi connectivity index (χ0) is 17.3. The molecule has 1 aromatic carbocycles. The summed E-state index contributed by atoms with van der Waals surface area (Å²) in [5.74, 6) is -0.620. The van der Waals surface area contributed by atoms with E-state index in [-0.39, 0.29) is 22.0 Å². The molecule has 0 bridgehead atoms. The minimum absolute atomic E-state index is 0.00574. The van der Waals surface area contributed by atoms with Crippen LogP contribution in [0.5, 0.6) is 0 Å². The molecule has 2 heterocycles. The quantitative estimate of drug-likeness (QED) is 0.681. The average Bonchev–Trinajstić information content (AvgIpc) is 3.01. The summed E-state index contributed by atoms with van der Waals surface area (Å²) in [7, 11) is 0. The standard InChI is InChI=1S/C14H8ClF4N5/c15-7-1-2-9(16)10(5-7)21-11-6-20-4-3-8(11)12-13(14(17,18)19)23-24-22-12/h1-6,21H,(H,22,23,24). The van der Waals surface area contributed by atoms with E-state index in [2.05, 4.69) is 20.6 Å². The minimum Gasteiger partial charge on any atom is -0.351 e. The topological polar surface area (TPSA) is 66.5 Å². The van der Waals surface area contributed by atoms with Gasteiger partial charge in [-0.05, 0) is 24.3 Å². The highest BCUT2D eigenvalue weighted by atomic mass is 35.5. The van der Waals surface area contributed by atoms with Crippen LogP contribution in [0.25, 0.3) is 11.3 Å². The number of nitrogens with zero attached hydrogens (tertiary/aromatic N) is 3. The molecule has 0 amide bonds. The summed E-state index contributed by atoms with van der Waals surface area (Å²) in [6.07, 6.45) is -2.12. The Hall–Kier alpha value is -2.68. The van der Waals surface area contributed by atoms with E-state index in [1.54, 1.807) is 0 Å². The molecule has 0 radical (unpaired) electrons. The Balaban J connectivity index is 2.07. The van der Waals surface area contributed by atoms with Crippen LogP contribution in [0.15, 0.2) is 36.7 Å². The van der Waals surface area contributed by atoms with Crippen molar-refractivity contribution >= 4 is 23.0 Å². The lowest BCUT2D eigenvalue weighted by Crippen LogP contribution is -2.08. The van der Waals surface area contributed by atoms with Crippen molar-refractivity contribution in [2.75, 3.05) is 5.32 Å². The summed E-state index contributed by atoms with van der Waals surface area (Å²) in [5.41, 5.74) is -1.35. The molecule has 0 fully saturated rings. The molecule has 3 rings (SSSR count). The second-order valence-electron chi connectivity index (χ2n) is 4.70. The van der Waals surface area contributed by atoms with Crippen LogP contribution in [0.1, 0.15) is 5.69 Å². The summed E-state index contributed by atoms with van der Waals surface area (Å²) >= 11 is 5.81. The Morgan fingerprint density at radius 1 is 1.12 bits per heavy atom. The Labute approximate surface area is 137 Å². The Kier molecular flexibility index (Phi) is 4.10. The highest BCUT2D eigenvalue weighted by Crippen LogP contribution is 2.37. The van der Waals surface area contributed by atoms with Gasteiger partial charge in [0.1, 0.15) is 11.5 Å². The van der Waals surface area contributed by atoms with E-state index in [0.29, 0.717) is 0 Å². The van der Waals surface area contributed by atoms with Gasteiger partial charge in [-0.25, -0.2) is 4.39 Å². The maximum Gasteiger partial charge on any atom is 0.435 e. The Morgan fingerprint density at radius 2 is 1.92 bits per heavy atom. The second-order valence-corrected chi connectivity index (χ2v) is 5.14. The molecule has 0 saturated heterocycles. The first-order valence-electron chi connectivity index (χ1n) is 6.51. The van der Waals surface area contributed by atoms with Crippen molar-refractivity contribution in [1.29, 1.82) is 0 Å². The number of nitrogens with one attached hydrogen (secondary N) is 2. The third kappa shape index (κ3) is 3.16. The molecule has 10 heteroatoms. The molecule has 3 aromatic rings. The SMILES string of the molecule is Fc1ccc(Cl)cc1Nc1cnccc1-c1nn[nH]c1C(F)(F)F. The summed E-state index contributed by atoms with van der Waals surface area (Å²) in [6.45, 7) is 0. The van der Waals surface area contributed by atoms with Crippen molar-refractivity contribution in [1.82, 2.24) is 20.4 Å². The van der Waals surface area contributed by atoms with Gasteiger partial charge in [-0.15, -0.1) is 5.10 Å². The first-order valence-corrected chi connectivity index (χ1v) is 6.89. The molecule has 5 nitrogen and oxygen atoms in total. The molecule has 0 aliphatic carbocycles. The lowest BCUT2D eigenvalue weighted by Gasteiger charge is -2.12. The predicted molar refractivity (Wildman–Crippen MR) is 79.3 cm³/mol. The van der Waals surface area contributed by atoms with Crippen molar-refractivity contribution in [3.63, 3.8) is 0 Å². The largest absolute Gasteiger partial charge is 0.435 e. The molecule has 0 saturated carbocycles. The fourth-order valence-electron chi connectivity index (χ4n) is 2.05. The summed E-state index contributed by atoms with van der Waals surface area (Å²) < 4.78 is 52.9. The molecule has 0 aliphatic rings. The van der Waals surface area contributed by atoms with Gasteiger partial charge in [-0.2, -0.15) is 13.2 Å². The van der Waals surface area contributed by atoms with E-state index < -0.39 is 23.4 Å². The second kappa shape index (κ2) is 6.08. The van der Waals surface area contributed by atoms with Gasteiger partial charge in [0.2, 0.25) is 0 Å². The van der Waals surface area contributed by atoms with Crippen molar-refractivity contribution < 1.29 is 17.6 Å². The molecule has 0 atom stereocenters. The maximum absolute atomic E-state index is 13.8. The maximum atomic E-state index is 13.8. The highest BCUT2D eigenvalue weighted by molar-refractivity contribution is 6.30. The van der Waals surface area contributed by atoms with Gasteiger partial charge < -0.3 is 5.32 Å².